The molecule has 2 aliphatic heterocycles. The van der Waals surface area contributed by atoms with E-state index in [1.807, 2.05) is 0 Å². The molecule has 0 saturated carbocycles. The molecule has 2 fully saturated rings. The fourth-order valence-corrected chi connectivity index (χ4v) is 3.49. The first kappa shape index (κ1) is 12.6. The maximum Gasteiger partial charge on any atom is 0.0187 e. The van der Waals surface area contributed by atoms with Crippen molar-refractivity contribution in [3.8, 4) is 0 Å². The van der Waals surface area contributed by atoms with Crippen molar-refractivity contribution in [3.63, 3.8) is 0 Å². The smallest absolute Gasteiger partial charge is 0.0187 e. The van der Waals surface area contributed by atoms with Gasteiger partial charge >= 0.3 is 0 Å². The Balaban J connectivity index is 0.000000980. The predicted octanol–water partition coefficient (Wildman–Crippen LogP) is 1.60. The van der Waals surface area contributed by atoms with Gasteiger partial charge in [0.25, 0.3) is 0 Å². The van der Waals surface area contributed by atoms with Crippen LogP contribution in [0.3, 0.4) is 0 Å². The Labute approximate surface area is 97.6 Å². The Morgan fingerprint density at radius 2 is 2.29 bits per heavy atom. The molecule has 2 nitrogen and oxygen atoms in total. The Morgan fingerprint density at radius 3 is 2.93 bits per heavy atom. The first-order chi connectivity index (χ1) is 6.36. The summed E-state index contributed by atoms with van der Waals surface area (Å²) in [7, 11) is 0. The van der Waals surface area contributed by atoms with E-state index in [1.165, 1.54) is 44.0 Å². The topological polar surface area (TPSA) is 15.3 Å². The van der Waals surface area contributed by atoms with Crippen LogP contribution in [-0.4, -0.2) is 48.1 Å². The number of rotatable bonds is 1. The van der Waals surface area contributed by atoms with Crippen molar-refractivity contribution in [1.82, 2.24) is 10.2 Å². The number of nitrogens with zero attached hydrogens (tertiary/aromatic N) is 1. The second-order valence-electron chi connectivity index (χ2n) is 4.22. The van der Waals surface area contributed by atoms with Crippen molar-refractivity contribution in [1.29, 1.82) is 0 Å². The van der Waals surface area contributed by atoms with Crippen LogP contribution in [0.4, 0.5) is 0 Å². The SMILES string of the molecule is CC1CN(C2CCCSC2)CCN1.Cl. The Bertz CT molecular complexity index is 162. The van der Waals surface area contributed by atoms with Crippen molar-refractivity contribution in [2.24, 2.45) is 0 Å². The lowest BCUT2D eigenvalue weighted by Crippen LogP contribution is -2.53. The molecular formula is C10H21ClN2S. The summed E-state index contributed by atoms with van der Waals surface area (Å²) in [6.07, 6.45) is 2.85. The Kier molecular flexibility index (Phi) is 5.60. The van der Waals surface area contributed by atoms with E-state index in [9.17, 15) is 0 Å². The van der Waals surface area contributed by atoms with Crippen LogP contribution in [0.25, 0.3) is 0 Å². The van der Waals surface area contributed by atoms with E-state index in [4.69, 9.17) is 0 Å². The van der Waals surface area contributed by atoms with Crippen LogP contribution in [0.15, 0.2) is 0 Å². The summed E-state index contributed by atoms with van der Waals surface area (Å²) in [6.45, 7) is 5.99. The normalized spacial score (nSPS) is 34.9. The van der Waals surface area contributed by atoms with Gasteiger partial charge in [-0.3, -0.25) is 4.90 Å². The molecule has 2 heterocycles. The number of halogens is 1. The Hall–Kier alpha value is 0.560. The number of hydrogen-bond acceptors (Lipinski definition) is 3. The summed E-state index contributed by atoms with van der Waals surface area (Å²) >= 11 is 2.14. The maximum atomic E-state index is 3.50. The highest BCUT2D eigenvalue weighted by atomic mass is 35.5. The summed E-state index contributed by atoms with van der Waals surface area (Å²) < 4.78 is 0. The fraction of sp³-hybridized carbons (Fsp3) is 1.00. The second-order valence-corrected chi connectivity index (χ2v) is 5.37. The minimum atomic E-state index is 0. The van der Waals surface area contributed by atoms with Gasteiger partial charge in [0.05, 0.1) is 0 Å². The average molecular weight is 237 g/mol. The van der Waals surface area contributed by atoms with Gasteiger partial charge < -0.3 is 5.32 Å². The molecule has 0 spiro atoms. The van der Waals surface area contributed by atoms with Crippen LogP contribution in [0.2, 0.25) is 0 Å². The van der Waals surface area contributed by atoms with Crippen LogP contribution in [-0.2, 0) is 0 Å². The van der Waals surface area contributed by atoms with Gasteiger partial charge in [0.15, 0.2) is 0 Å². The fourth-order valence-electron chi connectivity index (χ4n) is 2.31. The van der Waals surface area contributed by atoms with Gasteiger partial charge in [-0.2, -0.15) is 11.8 Å². The molecule has 2 atom stereocenters. The number of nitrogens with one attached hydrogen (secondary N) is 1. The quantitative estimate of drug-likeness (QED) is 0.745. The van der Waals surface area contributed by atoms with E-state index in [1.54, 1.807) is 0 Å². The van der Waals surface area contributed by atoms with Crippen molar-refractivity contribution in [2.75, 3.05) is 31.1 Å². The number of thioether (sulfide) groups is 1. The molecule has 0 aliphatic carbocycles. The van der Waals surface area contributed by atoms with Crippen molar-refractivity contribution >= 4 is 24.2 Å². The highest BCUT2D eigenvalue weighted by Crippen LogP contribution is 2.22. The molecule has 14 heavy (non-hydrogen) atoms. The zero-order valence-electron chi connectivity index (χ0n) is 8.87. The summed E-state index contributed by atoms with van der Waals surface area (Å²) in [6, 6.07) is 1.57. The van der Waals surface area contributed by atoms with Crippen LogP contribution >= 0.6 is 24.2 Å². The van der Waals surface area contributed by atoms with Gasteiger partial charge in [-0.15, -0.1) is 12.4 Å². The van der Waals surface area contributed by atoms with Crippen molar-refractivity contribution < 1.29 is 0 Å². The zero-order valence-corrected chi connectivity index (χ0v) is 10.5. The molecule has 2 rings (SSSR count). The van der Waals surface area contributed by atoms with Crippen LogP contribution in [0.5, 0.6) is 0 Å². The van der Waals surface area contributed by atoms with Crippen LogP contribution in [0.1, 0.15) is 19.8 Å². The molecule has 2 aliphatic rings. The lowest BCUT2D eigenvalue weighted by molar-refractivity contribution is 0.152. The van der Waals surface area contributed by atoms with Crippen LogP contribution < -0.4 is 5.32 Å². The lowest BCUT2D eigenvalue weighted by atomic mass is 10.1. The monoisotopic (exact) mass is 236 g/mol. The molecule has 0 amide bonds. The summed E-state index contributed by atoms with van der Waals surface area (Å²) in [4.78, 5) is 2.69. The molecular weight excluding hydrogens is 216 g/mol. The Morgan fingerprint density at radius 1 is 1.43 bits per heavy atom. The highest BCUT2D eigenvalue weighted by molar-refractivity contribution is 7.99. The van der Waals surface area contributed by atoms with Gasteiger partial charge in [0.2, 0.25) is 0 Å². The standard InChI is InChI=1S/C10H20N2S.ClH/c1-9-7-12(5-4-11-9)10-3-2-6-13-8-10;/h9-11H,2-8H2,1H3;1H. The van der Waals surface area contributed by atoms with E-state index >= 15 is 0 Å². The predicted molar refractivity (Wildman–Crippen MR) is 66.6 cm³/mol. The summed E-state index contributed by atoms with van der Waals surface area (Å²) in [5.74, 6) is 2.75. The molecule has 84 valence electrons. The minimum Gasteiger partial charge on any atom is -0.312 e. The number of piperazine rings is 1. The van der Waals surface area contributed by atoms with E-state index < -0.39 is 0 Å². The molecule has 0 aromatic heterocycles. The summed E-state index contributed by atoms with van der Waals surface area (Å²) in [5.41, 5.74) is 0. The van der Waals surface area contributed by atoms with Gasteiger partial charge in [0, 0.05) is 37.5 Å². The zero-order chi connectivity index (χ0) is 9.10. The van der Waals surface area contributed by atoms with Crippen LogP contribution in [0, 0.1) is 0 Å². The van der Waals surface area contributed by atoms with Crippen molar-refractivity contribution in [2.45, 2.75) is 31.8 Å². The summed E-state index contributed by atoms with van der Waals surface area (Å²) in [5, 5.41) is 3.50. The molecule has 1 N–H and O–H groups in total. The molecule has 0 bridgehead atoms. The minimum absolute atomic E-state index is 0. The van der Waals surface area contributed by atoms with Gasteiger partial charge in [-0.1, -0.05) is 0 Å². The average Bonchev–Trinajstić information content (AvgIpc) is 2.19. The molecule has 2 unspecified atom stereocenters. The third kappa shape index (κ3) is 3.30. The van der Waals surface area contributed by atoms with E-state index in [0.717, 1.165) is 6.04 Å². The molecule has 0 aromatic carbocycles. The maximum absolute atomic E-state index is 3.50. The number of hydrogen-bond donors (Lipinski definition) is 1. The first-order valence-electron chi connectivity index (χ1n) is 5.41. The lowest BCUT2D eigenvalue weighted by Gasteiger charge is -2.39. The van der Waals surface area contributed by atoms with Gasteiger partial charge in [-0.25, -0.2) is 0 Å². The van der Waals surface area contributed by atoms with Crippen molar-refractivity contribution in [3.05, 3.63) is 0 Å². The van der Waals surface area contributed by atoms with Gasteiger partial charge in [0.1, 0.15) is 0 Å². The molecule has 2 saturated heterocycles. The van der Waals surface area contributed by atoms with Gasteiger partial charge in [-0.05, 0) is 25.5 Å². The third-order valence-electron chi connectivity index (χ3n) is 3.05. The first-order valence-corrected chi connectivity index (χ1v) is 6.57. The second kappa shape index (κ2) is 6.21. The van der Waals surface area contributed by atoms with E-state index in [0.29, 0.717) is 6.04 Å². The van der Waals surface area contributed by atoms with E-state index in [2.05, 4.69) is 28.9 Å². The largest absolute Gasteiger partial charge is 0.312 e. The molecule has 4 heteroatoms. The van der Waals surface area contributed by atoms with E-state index in [-0.39, 0.29) is 12.4 Å². The molecule has 0 radical (unpaired) electrons. The highest BCUT2D eigenvalue weighted by Gasteiger charge is 2.24. The third-order valence-corrected chi connectivity index (χ3v) is 4.25. The molecule has 0 aromatic rings.